The van der Waals surface area contributed by atoms with Crippen LogP contribution in [-0.2, 0) is 0 Å². The molecule has 0 atom stereocenters. The van der Waals surface area contributed by atoms with Gasteiger partial charge in [-0.15, -0.1) is 0 Å². The van der Waals surface area contributed by atoms with Gasteiger partial charge in [0.25, 0.3) is 0 Å². The Hall–Kier alpha value is -3.55. The minimum atomic E-state index is -0.534. The van der Waals surface area contributed by atoms with E-state index in [2.05, 4.69) is 0 Å². The fraction of sp³-hybridized carbons (Fsp3) is 0.211. The minimum absolute atomic E-state index is 0.0273. The van der Waals surface area contributed by atoms with E-state index >= 15 is 0 Å². The summed E-state index contributed by atoms with van der Waals surface area (Å²) >= 11 is 0. The number of rotatable bonds is 5. The fourth-order valence-corrected chi connectivity index (χ4v) is 2.89. The van der Waals surface area contributed by atoms with Crippen LogP contribution in [0.2, 0.25) is 0 Å². The number of aromatic hydroxyl groups is 2. The summed E-state index contributed by atoms with van der Waals surface area (Å²) in [6.07, 6.45) is 0. The molecule has 0 radical (unpaired) electrons. The molecular formula is C19H18O8. The fourth-order valence-electron chi connectivity index (χ4n) is 2.89. The summed E-state index contributed by atoms with van der Waals surface area (Å²) in [5.41, 5.74) is -0.207. The van der Waals surface area contributed by atoms with E-state index in [-0.39, 0.29) is 39.7 Å². The molecule has 2 N–H and O–H groups in total. The van der Waals surface area contributed by atoms with Gasteiger partial charge in [0, 0.05) is 6.07 Å². The van der Waals surface area contributed by atoms with Crippen LogP contribution in [0.1, 0.15) is 0 Å². The van der Waals surface area contributed by atoms with Gasteiger partial charge in [-0.2, -0.15) is 0 Å². The number of hydrogen-bond acceptors (Lipinski definition) is 8. The first-order valence-electron chi connectivity index (χ1n) is 7.82. The van der Waals surface area contributed by atoms with Crippen LogP contribution in [0.25, 0.3) is 22.3 Å². The van der Waals surface area contributed by atoms with Crippen molar-refractivity contribution < 1.29 is 33.6 Å². The van der Waals surface area contributed by atoms with E-state index in [0.29, 0.717) is 11.3 Å². The molecule has 0 amide bonds. The summed E-state index contributed by atoms with van der Waals surface area (Å²) < 4.78 is 26.9. The topological polar surface area (TPSA) is 108 Å². The van der Waals surface area contributed by atoms with Gasteiger partial charge in [-0.3, -0.25) is 4.79 Å². The second-order valence-corrected chi connectivity index (χ2v) is 5.51. The number of hydrogen-bond donors (Lipinski definition) is 2. The van der Waals surface area contributed by atoms with Crippen molar-refractivity contribution in [3.63, 3.8) is 0 Å². The van der Waals surface area contributed by atoms with Crippen LogP contribution in [-0.4, -0.2) is 38.7 Å². The highest BCUT2D eigenvalue weighted by molar-refractivity contribution is 5.95. The van der Waals surface area contributed by atoms with E-state index in [4.69, 9.17) is 23.4 Å². The predicted octanol–water partition coefficient (Wildman–Crippen LogP) is 2.91. The molecule has 0 aliphatic carbocycles. The number of fused-ring (bicyclic) bond motifs is 1. The first-order chi connectivity index (χ1) is 13.0. The molecule has 8 heteroatoms. The molecule has 1 aromatic heterocycles. The van der Waals surface area contributed by atoms with Crippen LogP contribution in [0.5, 0.6) is 34.5 Å². The summed E-state index contributed by atoms with van der Waals surface area (Å²) in [5.74, 6) is 0.165. The quantitative estimate of drug-likeness (QED) is 0.702. The molecule has 0 saturated heterocycles. The van der Waals surface area contributed by atoms with E-state index < -0.39 is 11.2 Å². The summed E-state index contributed by atoms with van der Waals surface area (Å²) in [7, 11) is 5.52. The number of benzene rings is 2. The molecule has 27 heavy (non-hydrogen) atoms. The third-order valence-corrected chi connectivity index (χ3v) is 4.08. The first kappa shape index (κ1) is 18.2. The van der Waals surface area contributed by atoms with E-state index in [1.165, 1.54) is 52.7 Å². The Labute approximate surface area is 154 Å². The van der Waals surface area contributed by atoms with Gasteiger partial charge in [-0.05, 0) is 18.2 Å². The Morgan fingerprint density at radius 2 is 1.52 bits per heavy atom. The zero-order valence-corrected chi connectivity index (χ0v) is 15.2. The SMILES string of the molecule is COc1ccc(O)cc1-c1cc(=O)c2c(O)c(OC)c(OC)c(OC)c2o1. The molecule has 0 aliphatic heterocycles. The Balaban J connectivity index is 2.45. The zero-order chi connectivity index (χ0) is 19.7. The highest BCUT2D eigenvalue weighted by Gasteiger charge is 2.26. The largest absolute Gasteiger partial charge is 0.508 e. The number of phenolic OH excluding ortho intramolecular Hbond substituents is 2. The summed E-state index contributed by atoms with van der Waals surface area (Å²) in [5, 5.41) is 20.2. The average Bonchev–Trinajstić information content (AvgIpc) is 2.67. The van der Waals surface area contributed by atoms with Crippen molar-refractivity contribution in [2.24, 2.45) is 0 Å². The van der Waals surface area contributed by atoms with Crippen LogP contribution in [0.4, 0.5) is 0 Å². The minimum Gasteiger partial charge on any atom is -0.508 e. The Kier molecular flexibility index (Phi) is 4.72. The van der Waals surface area contributed by atoms with Crippen LogP contribution >= 0.6 is 0 Å². The molecule has 0 bridgehead atoms. The van der Waals surface area contributed by atoms with E-state index in [9.17, 15) is 15.0 Å². The Morgan fingerprint density at radius 1 is 0.852 bits per heavy atom. The van der Waals surface area contributed by atoms with Gasteiger partial charge in [0.2, 0.25) is 17.2 Å². The average molecular weight is 374 g/mol. The van der Waals surface area contributed by atoms with E-state index in [1.807, 2.05) is 0 Å². The molecule has 0 aliphatic rings. The van der Waals surface area contributed by atoms with Crippen LogP contribution < -0.4 is 24.4 Å². The smallest absolute Gasteiger partial charge is 0.211 e. The molecule has 1 heterocycles. The second-order valence-electron chi connectivity index (χ2n) is 5.51. The van der Waals surface area contributed by atoms with Crippen molar-refractivity contribution in [1.82, 2.24) is 0 Å². The van der Waals surface area contributed by atoms with Crippen molar-refractivity contribution in [2.45, 2.75) is 0 Å². The maximum Gasteiger partial charge on any atom is 0.211 e. The Bertz CT molecular complexity index is 1070. The van der Waals surface area contributed by atoms with Crippen LogP contribution in [0.3, 0.4) is 0 Å². The third kappa shape index (κ3) is 2.84. The maximum atomic E-state index is 12.7. The van der Waals surface area contributed by atoms with Gasteiger partial charge in [-0.1, -0.05) is 0 Å². The lowest BCUT2D eigenvalue weighted by atomic mass is 10.1. The maximum absolute atomic E-state index is 12.7. The van der Waals surface area contributed by atoms with Gasteiger partial charge >= 0.3 is 0 Å². The lowest BCUT2D eigenvalue weighted by Crippen LogP contribution is -2.05. The molecule has 142 valence electrons. The monoisotopic (exact) mass is 374 g/mol. The van der Waals surface area contributed by atoms with Gasteiger partial charge in [-0.25, -0.2) is 0 Å². The third-order valence-electron chi connectivity index (χ3n) is 4.08. The number of methoxy groups -OCH3 is 4. The highest BCUT2D eigenvalue weighted by Crippen LogP contribution is 2.50. The number of ether oxygens (including phenoxy) is 4. The molecule has 0 fully saturated rings. The van der Waals surface area contributed by atoms with Gasteiger partial charge in [0.1, 0.15) is 22.6 Å². The standard InChI is InChI=1S/C19H18O8/c1-23-12-6-5-9(20)7-10(12)13-8-11(21)14-15(22)17(24-2)19(26-4)18(25-3)16(14)27-13/h5-8,20,22H,1-4H3. The molecule has 3 rings (SSSR count). The zero-order valence-electron chi connectivity index (χ0n) is 15.2. The lowest BCUT2D eigenvalue weighted by molar-refractivity contribution is 0.311. The van der Waals surface area contributed by atoms with Gasteiger partial charge < -0.3 is 33.6 Å². The normalized spacial score (nSPS) is 10.7. The molecule has 3 aromatic rings. The predicted molar refractivity (Wildman–Crippen MR) is 97.5 cm³/mol. The molecule has 8 nitrogen and oxygen atoms in total. The first-order valence-corrected chi connectivity index (χ1v) is 7.82. The summed E-state index contributed by atoms with van der Waals surface area (Å²) in [6, 6.07) is 5.57. The summed E-state index contributed by atoms with van der Waals surface area (Å²) in [4.78, 5) is 12.7. The van der Waals surface area contributed by atoms with Crippen LogP contribution in [0.15, 0.2) is 33.5 Å². The molecule has 2 aromatic carbocycles. The van der Waals surface area contributed by atoms with Gasteiger partial charge in [0.15, 0.2) is 16.8 Å². The Morgan fingerprint density at radius 3 is 2.11 bits per heavy atom. The molecule has 0 spiro atoms. The molecular weight excluding hydrogens is 356 g/mol. The van der Waals surface area contributed by atoms with Crippen molar-refractivity contribution in [3.8, 4) is 45.8 Å². The van der Waals surface area contributed by atoms with Crippen molar-refractivity contribution in [2.75, 3.05) is 28.4 Å². The van der Waals surface area contributed by atoms with E-state index in [0.717, 1.165) is 0 Å². The molecule has 0 unspecified atom stereocenters. The second kappa shape index (κ2) is 6.99. The van der Waals surface area contributed by atoms with Crippen molar-refractivity contribution in [1.29, 1.82) is 0 Å². The summed E-state index contributed by atoms with van der Waals surface area (Å²) in [6.45, 7) is 0. The van der Waals surface area contributed by atoms with Crippen molar-refractivity contribution >= 4 is 11.0 Å². The van der Waals surface area contributed by atoms with Gasteiger partial charge in [0.05, 0.1) is 34.0 Å². The number of phenols is 2. The lowest BCUT2D eigenvalue weighted by Gasteiger charge is -2.16. The van der Waals surface area contributed by atoms with E-state index in [1.54, 1.807) is 0 Å². The van der Waals surface area contributed by atoms with Crippen molar-refractivity contribution in [3.05, 3.63) is 34.5 Å². The molecule has 0 saturated carbocycles. The van der Waals surface area contributed by atoms with Crippen LogP contribution in [0, 0.1) is 0 Å². The highest BCUT2D eigenvalue weighted by atomic mass is 16.5.